The highest BCUT2D eigenvalue weighted by Gasteiger charge is 2.12. The Morgan fingerprint density at radius 2 is 1.27 bits per heavy atom. The van der Waals surface area contributed by atoms with Crippen molar-refractivity contribution in [2.75, 3.05) is 0 Å². The predicted octanol–water partition coefficient (Wildman–Crippen LogP) is 4.03. The number of aryl methyl sites for hydroxylation is 1. The lowest BCUT2D eigenvalue weighted by Gasteiger charge is -2.08. The minimum Gasteiger partial charge on any atom is -0.258 e. The van der Waals surface area contributed by atoms with Crippen LogP contribution in [0.3, 0.4) is 0 Å². The zero-order valence-electron chi connectivity index (χ0n) is 11.9. The van der Waals surface area contributed by atoms with E-state index in [-0.39, 0.29) is 5.69 Å². The van der Waals surface area contributed by atoms with Crippen molar-refractivity contribution in [3.63, 3.8) is 0 Å². The third-order valence-corrected chi connectivity index (χ3v) is 3.37. The number of nitrogens with zero attached hydrogens (tertiary/aromatic N) is 3. The average Bonchev–Trinajstić information content (AvgIpc) is 2.56. The normalized spacial score (nSPS) is 10.4. The molecule has 0 bridgehead atoms. The highest BCUT2D eigenvalue weighted by molar-refractivity contribution is 5.78. The molecular formula is C17H13N3O2. The lowest BCUT2D eigenvalue weighted by molar-refractivity contribution is -0.384. The van der Waals surface area contributed by atoms with E-state index in [1.165, 1.54) is 17.7 Å². The molecule has 0 radical (unpaired) electrons. The van der Waals surface area contributed by atoms with Crippen LogP contribution in [0, 0.1) is 17.0 Å². The Bertz CT molecular complexity index is 812. The van der Waals surface area contributed by atoms with Gasteiger partial charge in [-0.15, -0.1) is 0 Å². The van der Waals surface area contributed by atoms with E-state index in [9.17, 15) is 10.1 Å². The smallest absolute Gasteiger partial charge is 0.258 e. The highest BCUT2D eigenvalue weighted by atomic mass is 16.6. The summed E-state index contributed by atoms with van der Waals surface area (Å²) in [5.74, 6) is 0. The lowest BCUT2D eigenvalue weighted by Crippen LogP contribution is -1.93. The molecule has 0 aliphatic rings. The molecule has 22 heavy (non-hydrogen) atoms. The van der Waals surface area contributed by atoms with Crippen molar-refractivity contribution in [3.8, 4) is 22.5 Å². The SMILES string of the molecule is Cc1ccc(-c2nccnc2-c2ccc([N+](=O)[O-])cc2)cc1. The second kappa shape index (κ2) is 5.73. The first-order chi connectivity index (χ1) is 10.6. The summed E-state index contributed by atoms with van der Waals surface area (Å²) in [6.45, 7) is 2.03. The average molecular weight is 291 g/mol. The summed E-state index contributed by atoms with van der Waals surface area (Å²) in [4.78, 5) is 19.1. The number of rotatable bonds is 3. The first kappa shape index (κ1) is 13.9. The van der Waals surface area contributed by atoms with Gasteiger partial charge in [0.05, 0.1) is 16.3 Å². The van der Waals surface area contributed by atoms with Crippen LogP contribution in [-0.4, -0.2) is 14.9 Å². The maximum Gasteiger partial charge on any atom is 0.269 e. The van der Waals surface area contributed by atoms with E-state index >= 15 is 0 Å². The molecule has 1 aromatic heterocycles. The summed E-state index contributed by atoms with van der Waals surface area (Å²) in [5, 5.41) is 10.7. The van der Waals surface area contributed by atoms with Crippen LogP contribution in [0.1, 0.15) is 5.56 Å². The molecule has 0 unspecified atom stereocenters. The van der Waals surface area contributed by atoms with Gasteiger partial charge >= 0.3 is 0 Å². The van der Waals surface area contributed by atoms with E-state index in [2.05, 4.69) is 9.97 Å². The van der Waals surface area contributed by atoms with Crippen molar-refractivity contribution in [2.24, 2.45) is 0 Å². The number of non-ortho nitro benzene ring substituents is 1. The molecule has 0 amide bonds. The van der Waals surface area contributed by atoms with Crippen molar-refractivity contribution >= 4 is 5.69 Å². The Hall–Kier alpha value is -3.08. The first-order valence-electron chi connectivity index (χ1n) is 6.78. The molecule has 0 atom stereocenters. The summed E-state index contributed by atoms with van der Waals surface area (Å²) in [6, 6.07) is 14.4. The van der Waals surface area contributed by atoms with Gasteiger partial charge in [-0.1, -0.05) is 29.8 Å². The molecule has 0 spiro atoms. The minimum absolute atomic E-state index is 0.0597. The van der Waals surface area contributed by atoms with Crippen LogP contribution >= 0.6 is 0 Å². The maximum absolute atomic E-state index is 10.7. The summed E-state index contributed by atoms with van der Waals surface area (Å²) < 4.78 is 0. The standard InChI is InChI=1S/C17H13N3O2/c1-12-2-4-13(5-3-12)16-17(19-11-10-18-16)14-6-8-15(9-7-14)20(21)22/h2-11H,1H3. The van der Waals surface area contributed by atoms with E-state index in [1.807, 2.05) is 31.2 Å². The van der Waals surface area contributed by atoms with E-state index in [4.69, 9.17) is 0 Å². The van der Waals surface area contributed by atoms with Crippen LogP contribution in [0.2, 0.25) is 0 Å². The van der Waals surface area contributed by atoms with Crippen molar-refractivity contribution in [2.45, 2.75) is 6.92 Å². The zero-order chi connectivity index (χ0) is 15.5. The van der Waals surface area contributed by atoms with Gasteiger partial charge in [-0.25, -0.2) is 0 Å². The third-order valence-electron chi connectivity index (χ3n) is 3.37. The second-order valence-electron chi connectivity index (χ2n) is 4.92. The number of benzene rings is 2. The predicted molar refractivity (Wildman–Crippen MR) is 84.3 cm³/mol. The first-order valence-corrected chi connectivity index (χ1v) is 6.78. The number of nitro benzene ring substituents is 1. The number of nitro groups is 1. The Kier molecular flexibility index (Phi) is 3.62. The van der Waals surface area contributed by atoms with Crippen LogP contribution in [0.15, 0.2) is 60.9 Å². The molecule has 1 heterocycles. The fourth-order valence-electron chi connectivity index (χ4n) is 2.21. The van der Waals surface area contributed by atoms with Crippen molar-refractivity contribution < 1.29 is 4.92 Å². The molecule has 108 valence electrons. The Morgan fingerprint density at radius 1 is 0.818 bits per heavy atom. The number of aromatic nitrogens is 2. The number of hydrogen-bond donors (Lipinski definition) is 0. The molecule has 0 aliphatic carbocycles. The molecule has 3 aromatic rings. The van der Waals surface area contributed by atoms with E-state index in [0.29, 0.717) is 5.69 Å². The topological polar surface area (TPSA) is 68.9 Å². The molecular weight excluding hydrogens is 278 g/mol. The Balaban J connectivity index is 2.08. The molecule has 5 heteroatoms. The monoisotopic (exact) mass is 291 g/mol. The van der Waals surface area contributed by atoms with E-state index in [1.54, 1.807) is 24.5 Å². The Morgan fingerprint density at radius 3 is 1.73 bits per heavy atom. The number of hydrogen-bond acceptors (Lipinski definition) is 4. The van der Waals surface area contributed by atoms with Gasteiger partial charge in [0, 0.05) is 35.7 Å². The molecule has 0 aliphatic heterocycles. The van der Waals surface area contributed by atoms with E-state index < -0.39 is 4.92 Å². The van der Waals surface area contributed by atoms with Gasteiger partial charge < -0.3 is 0 Å². The van der Waals surface area contributed by atoms with Gasteiger partial charge in [0.2, 0.25) is 0 Å². The van der Waals surface area contributed by atoms with Gasteiger partial charge in [-0.2, -0.15) is 0 Å². The molecule has 3 rings (SSSR count). The highest BCUT2D eigenvalue weighted by Crippen LogP contribution is 2.29. The minimum atomic E-state index is -0.415. The van der Waals surface area contributed by atoms with Crippen LogP contribution < -0.4 is 0 Å². The van der Waals surface area contributed by atoms with Gasteiger partial charge in [0.15, 0.2) is 0 Å². The summed E-state index contributed by atoms with van der Waals surface area (Å²) in [5.41, 5.74) is 4.47. The second-order valence-corrected chi connectivity index (χ2v) is 4.92. The zero-order valence-corrected chi connectivity index (χ0v) is 11.9. The maximum atomic E-state index is 10.7. The van der Waals surface area contributed by atoms with Crippen molar-refractivity contribution in [1.29, 1.82) is 0 Å². The largest absolute Gasteiger partial charge is 0.269 e. The molecule has 0 N–H and O–H groups in total. The summed E-state index contributed by atoms with van der Waals surface area (Å²) >= 11 is 0. The van der Waals surface area contributed by atoms with Crippen LogP contribution in [0.5, 0.6) is 0 Å². The van der Waals surface area contributed by atoms with Gasteiger partial charge in [0.25, 0.3) is 5.69 Å². The van der Waals surface area contributed by atoms with E-state index in [0.717, 1.165) is 16.8 Å². The fraction of sp³-hybridized carbons (Fsp3) is 0.0588. The lowest BCUT2D eigenvalue weighted by atomic mass is 10.0. The third kappa shape index (κ3) is 2.69. The molecule has 5 nitrogen and oxygen atoms in total. The van der Waals surface area contributed by atoms with Gasteiger partial charge in [0.1, 0.15) is 0 Å². The van der Waals surface area contributed by atoms with Crippen molar-refractivity contribution in [1.82, 2.24) is 9.97 Å². The van der Waals surface area contributed by atoms with Gasteiger partial charge in [-0.05, 0) is 19.1 Å². The molecule has 2 aromatic carbocycles. The molecule has 0 fully saturated rings. The van der Waals surface area contributed by atoms with Crippen LogP contribution in [-0.2, 0) is 0 Å². The molecule has 0 saturated carbocycles. The summed E-state index contributed by atoms with van der Waals surface area (Å²) in [6.07, 6.45) is 3.26. The summed E-state index contributed by atoms with van der Waals surface area (Å²) in [7, 11) is 0. The fourth-order valence-corrected chi connectivity index (χ4v) is 2.21. The molecule has 0 saturated heterocycles. The Labute approximate surface area is 127 Å². The van der Waals surface area contributed by atoms with Crippen LogP contribution in [0.25, 0.3) is 22.5 Å². The van der Waals surface area contributed by atoms with Gasteiger partial charge in [-0.3, -0.25) is 20.1 Å². The van der Waals surface area contributed by atoms with Crippen molar-refractivity contribution in [3.05, 3.63) is 76.6 Å². The van der Waals surface area contributed by atoms with Crippen LogP contribution in [0.4, 0.5) is 5.69 Å². The quantitative estimate of drug-likeness (QED) is 0.539.